The summed E-state index contributed by atoms with van der Waals surface area (Å²) >= 11 is 0. The van der Waals surface area contributed by atoms with Gasteiger partial charge in [0.2, 0.25) is 0 Å². The molecule has 2 aromatic carbocycles. The van der Waals surface area contributed by atoms with E-state index in [1.165, 1.54) is 61.4 Å². The van der Waals surface area contributed by atoms with Gasteiger partial charge in [0.25, 0.3) is 0 Å². The maximum absolute atomic E-state index is 2.64. The van der Waals surface area contributed by atoms with Crippen LogP contribution in [0, 0.1) is 0 Å². The molecule has 128 valence electrons. The Morgan fingerprint density at radius 1 is 0.667 bits per heavy atom. The molecule has 24 heavy (non-hydrogen) atoms. The van der Waals surface area contributed by atoms with Crippen LogP contribution in [0.2, 0.25) is 0 Å². The van der Waals surface area contributed by atoms with Crippen LogP contribution in [0.3, 0.4) is 0 Å². The highest BCUT2D eigenvalue weighted by molar-refractivity contribution is 5.85. The maximum atomic E-state index is 2.64. The van der Waals surface area contributed by atoms with Gasteiger partial charge in [-0.3, -0.25) is 0 Å². The molecule has 0 unspecified atom stereocenters. The van der Waals surface area contributed by atoms with Gasteiger partial charge in [0.05, 0.1) is 0 Å². The fourth-order valence-electron chi connectivity index (χ4n) is 4.04. The first-order valence-corrected chi connectivity index (χ1v) is 9.07. The lowest BCUT2D eigenvalue weighted by atomic mass is 10.0. The van der Waals surface area contributed by atoms with Crippen molar-refractivity contribution in [3.63, 3.8) is 0 Å². The normalized spacial score (nSPS) is 17.4. The van der Waals surface area contributed by atoms with Crippen LogP contribution in [-0.4, -0.2) is 31.1 Å². The van der Waals surface area contributed by atoms with Crippen LogP contribution < -0.4 is 4.90 Å². The van der Waals surface area contributed by atoms with Crippen LogP contribution in [0.1, 0.15) is 30.4 Å². The highest BCUT2D eigenvalue weighted by atomic mass is 35.5. The zero-order valence-corrected chi connectivity index (χ0v) is 15.1. The Morgan fingerprint density at radius 2 is 1.21 bits per heavy atom. The van der Waals surface area contributed by atoms with Gasteiger partial charge in [-0.2, -0.15) is 0 Å². The number of hydrogen-bond acceptors (Lipinski definition) is 2. The number of piperidine rings is 1. The second-order valence-electron chi connectivity index (χ2n) is 6.81. The molecule has 1 saturated heterocycles. The van der Waals surface area contributed by atoms with E-state index in [0.717, 1.165) is 19.4 Å². The molecule has 2 aliphatic heterocycles. The number of likely N-dealkylation sites (tertiary alicyclic amines) is 1. The van der Waals surface area contributed by atoms with Crippen LogP contribution in [-0.2, 0) is 12.8 Å². The van der Waals surface area contributed by atoms with Gasteiger partial charge in [0.15, 0.2) is 0 Å². The number of benzene rings is 2. The van der Waals surface area contributed by atoms with Gasteiger partial charge in [0, 0.05) is 24.5 Å². The summed E-state index contributed by atoms with van der Waals surface area (Å²) in [6, 6.07) is 17.9. The first-order chi connectivity index (χ1) is 11.4. The van der Waals surface area contributed by atoms with Gasteiger partial charge in [-0.1, -0.05) is 42.8 Å². The number of fused-ring (bicyclic) bond motifs is 2. The minimum atomic E-state index is 0. The first-order valence-electron chi connectivity index (χ1n) is 9.07. The molecule has 0 radical (unpaired) electrons. The van der Waals surface area contributed by atoms with Gasteiger partial charge in [-0.05, 0) is 62.0 Å². The van der Waals surface area contributed by atoms with Crippen molar-refractivity contribution in [2.45, 2.75) is 32.1 Å². The van der Waals surface area contributed by atoms with Gasteiger partial charge in [-0.15, -0.1) is 12.4 Å². The summed E-state index contributed by atoms with van der Waals surface area (Å²) in [5, 5.41) is 0. The molecule has 2 aromatic rings. The maximum Gasteiger partial charge on any atom is 0.0443 e. The van der Waals surface area contributed by atoms with E-state index in [9.17, 15) is 0 Å². The quantitative estimate of drug-likeness (QED) is 0.788. The highest BCUT2D eigenvalue weighted by Gasteiger charge is 2.21. The third-order valence-corrected chi connectivity index (χ3v) is 5.32. The molecule has 0 aromatic heterocycles. The fourth-order valence-corrected chi connectivity index (χ4v) is 4.04. The lowest BCUT2D eigenvalue weighted by Crippen LogP contribution is -2.36. The molecule has 0 saturated carbocycles. The summed E-state index contributed by atoms with van der Waals surface area (Å²) in [7, 11) is 0. The van der Waals surface area contributed by atoms with E-state index >= 15 is 0 Å². The number of nitrogens with zero attached hydrogens (tertiary/aromatic N) is 2. The third-order valence-electron chi connectivity index (χ3n) is 5.32. The molecule has 0 spiro atoms. The highest BCUT2D eigenvalue weighted by Crippen LogP contribution is 2.35. The SMILES string of the molecule is Cl.c1ccc2c(c1)CCc1ccccc1N2CCN1CCCCC1. The second-order valence-corrected chi connectivity index (χ2v) is 6.81. The standard InChI is InChI=1S/C21H26N2.ClH/c1-6-14-22(15-7-1)16-17-23-20-10-4-2-8-18(20)12-13-19-9-3-5-11-21(19)23;/h2-5,8-11H,1,6-7,12-17H2;1H. The molecule has 2 nitrogen and oxygen atoms in total. The van der Waals surface area contributed by atoms with E-state index in [1.807, 2.05) is 0 Å². The first kappa shape index (κ1) is 17.3. The second kappa shape index (κ2) is 8.04. The van der Waals surface area contributed by atoms with Crippen molar-refractivity contribution in [1.82, 2.24) is 4.90 Å². The van der Waals surface area contributed by atoms with Crippen LogP contribution in [0.15, 0.2) is 48.5 Å². The Hall–Kier alpha value is -1.51. The van der Waals surface area contributed by atoms with Crippen molar-refractivity contribution in [2.75, 3.05) is 31.1 Å². The average molecular weight is 343 g/mol. The molecule has 2 heterocycles. The van der Waals surface area contributed by atoms with Crippen LogP contribution in [0.4, 0.5) is 11.4 Å². The molecule has 3 heteroatoms. The monoisotopic (exact) mass is 342 g/mol. The molecule has 2 aliphatic rings. The summed E-state index contributed by atoms with van der Waals surface area (Å²) in [4.78, 5) is 5.20. The molecule has 1 fully saturated rings. The summed E-state index contributed by atoms with van der Waals surface area (Å²) in [6.07, 6.45) is 6.44. The summed E-state index contributed by atoms with van der Waals surface area (Å²) in [6.45, 7) is 4.81. The lowest BCUT2D eigenvalue weighted by molar-refractivity contribution is 0.234. The van der Waals surface area contributed by atoms with Crippen LogP contribution in [0.25, 0.3) is 0 Å². The summed E-state index contributed by atoms with van der Waals surface area (Å²) in [5.41, 5.74) is 5.80. The predicted octanol–water partition coefficient (Wildman–Crippen LogP) is 4.83. The molecule has 0 amide bonds. The van der Waals surface area contributed by atoms with Gasteiger partial charge in [0.1, 0.15) is 0 Å². The van der Waals surface area contributed by atoms with E-state index < -0.39 is 0 Å². The zero-order valence-electron chi connectivity index (χ0n) is 14.3. The number of para-hydroxylation sites is 2. The zero-order chi connectivity index (χ0) is 15.5. The topological polar surface area (TPSA) is 6.48 Å². The smallest absolute Gasteiger partial charge is 0.0443 e. The third kappa shape index (κ3) is 3.60. The van der Waals surface area contributed by atoms with Crippen molar-refractivity contribution in [1.29, 1.82) is 0 Å². The molecule has 0 bridgehead atoms. The van der Waals surface area contributed by atoms with Crippen molar-refractivity contribution in [2.24, 2.45) is 0 Å². The van der Waals surface area contributed by atoms with E-state index in [1.54, 1.807) is 0 Å². The molecular formula is C21H27ClN2. The van der Waals surface area contributed by atoms with Crippen LogP contribution >= 0.6 is 12.4 Å². The number of anilines is 2. The fraction of sp³-hybridized carbons (Fsp3) is 0.429. The Morgan fingerprint density at radius 3 is 1.79 bits per heavy atom. The van der Waals surface area contributed by atoms with Crippen molar-refractivity contribution < 1.29 is 0 Å². The number of hydrogen-bond donors (Lipinski definition) is 0. The average Bonchev–Trinajstić information content (AvgIpc) is 2.78. The van der Waals surface area contributed by atoms with Crippen LogP contribution in [0.5, 0.6) is 0 Å². The number of aryl methyl sites for hydroxylation is 2. The van der Waals surface area contributed by atoms with Gasteiger partial charge < -0.3 is 9.80 Å². The Kier molecular flexibility index (Phi) is 5.80. The minimum Gasteiger partial charge on any atom is -0.340 e. The van der Waals surface area contributed by atoms with E-state index in [4.69, 9.17) is 0 Å². The van der Waals surface area contributed by atoms with Crippen molar-refractivity contribution in [3.8, 4) is 0 Å². The van der Waals surface area contributed by atoms with Crippen molar-refractivity contribution in [3.05, 3.63) is 59.7 Å². The molecular weight excluding hydrogens is 316 g/mol. The number of halogens is 1. The van der Waals surface area contributed by atoms with Crippen molar-refractivity contribution >= 4 is 23.8 Å². The van der Waals surface area contributed by atoms with Gasteiger partial charge in [-0.25, -0.2) is 0 Å². The largest absolute Gasteiger partial charge is 0.340 e. The van der Waals surface area contributed by atoms with E-state index in [-0.39, 0.29) is 12.4 Å². The molecule has 0 atom stereocenters. The Balaban J connectivity index is 0.00000169. The number of rotatable bonds is 3. The Bertz CT molecular complexity index is 617. The summed E-state index contributed by atoms with van der Waals surface area (Å²) < 4.78 is 0. The molecule has 0 N–H and O–H groups in total. The van der Waals surface area contributed by atoms with E-state index in [0.29, 0.717) is 0 Å². The molecule has 0 aliphatic carbocycles. The minimum absolute atomic E-state index is 0. The summed E-state index contributed by atoms with van der Waals surface area (Å²) in [5.74, 6) is 0. The van der Waals surface area contributed by atoms with Gasteiger partial charge >= 0.3 is 0 Å². The van der Waals surface area contributed by atoms with E-state index in [2.05, 4.69) is 58.3 Å². The lowest BCUT2D eigenvalue weighted by Gasteiger charge is -2.32. The predicted molar refractivity (Wildman–Crippen MR) is 105 cm³/mol. The molecule has 4 rings (SSSR count). The Labute approximate surface area is 151 Å².